The van der Waals surface area contributed by atoms with Crippen molar-refractivity contribution in [2.24, 2.45) is 0 Å². The second-order valence-electron chi connectivity index (χ2n) is 12.8. The number of rotatable bonds is 11. The number of fused-ring (bicyclic) bond motifs is 1. The number of hydrogen-bond donors (Lipinski definition) is 1. The van der Waals surface area contributed by atoms with Crippen molar-refractivity contribution in [3.05, 3.63) is 132 Å². The Labute approximate surface area is 283 Å². The number of halogens is 1. The number of carboxylic acids is 1. The minimum atomic E-state index is -3.10. The molecule has 0 fully saturated rings. The zero-order valence-electron chi connectivity index (χ0n) is 27.6. The second-order valence-corrected chi connectivity index (χ2v) is 18.3. The Hall–Kier alpha value is -4.44. The van der Waals surface area contributed by atoms with Crippen molar-refractivity contribution in [1.29, 1.82) is 0 Å². The number of benzene rings is 5. The minimum Gasteiger partial charge on any atom is -0.481 e. The lowest BCUT2D eigenvalue weighted by atomic mass is 9.90. The van der Waals surface area contributed by atoms with Crippen molar-refractivity contribution >= 4 is 43.5 Å². The van der Waals surface area contributed by atoms with E-state index in [4.69, 9.17) is 8.95 Å². The number of carboxylic acid groups (broad SMARTS) is 1. The number of aliphatic carboxylic acids is 1. The van der Waals surface area contributed by atoms with Crippen molar-refractivity contribution in [2.45, 2.75) is 45.3 Å². The van der Waals surface area contributed by atoms with E-state index in [1.807, 2.05) is 91.9 Å². The molecule has 0 saturated carbocycles. The van der Waals surface area contributed by atoms with Gasteiger partial charge in [-0.25, -0.2) is 4.39 Å². The Kier molecular flexibility index (Phi) is 11.0. The van der Waals surface area contributed by atoms with E-state index in [-0.39, 0.29) is 30.0 Å². The zero-order chi connectivity index (χ0) is 34.3. The van der Waals surface area contributed by atoms with Gasteiger partial charge in [-0.1, -0.05) is 136 Å². The molecule has 0 aromatic heterocycles. The predicted molar refractivity (Wildman–Crippen MR) is 194 cm³/mol. The lowest BCUT2D eigenvalue weighted by Crippen LogP contribution is -2.68. The molecule has 0 radical (unpaired) electrons. The van der Waals surface area contributed by atoms with Crippen LogP contribution in [0.5, 0.6) is 0 Å². The minimum absolute atomic E-state index is 0.0936. The highest BCUT2D eigenvalue weighted by molar-refractivity contribution is 7.39. The highest BCUT2D eigenvalue weighted by atomic mass is 31.1. The van der Waals surface area contributed by atoms with Crippen LogP contribution in [0.2, 0.25) is 5.04 Å². The molecule has 1 N–H and O–H groups in total. The maximum Gasteiger partial charge on any atom is 0.511 e. The lowest BCUT2D eigenvalue weighted by Gasteiger charge is -2.44. The summed E-state index contributed by atoms with van der Waals surface area (Å²) in [6.45, 7) is 8.18. The summed E-state index contributed by atoms with van der Waals surface area (Å²) in [7, 11) is -5.41. The summed E-state index contributed by atoms with van der Waals surface area (Å²) in [6, 6.07) is 36.2. The van der Waals surface area contributed by atoms with Gasteiger partial charge in [0, 0.05) is 11.1 Å². The highest BCUT2D eigenvalue weighted by Gasteiger charge is 2.52. The van der Waals surface area contributed by atoms with Crippen LogP contribution < -0.4 is 10.4 Å². The van der Waals surface area contributed by atoms with Gasteiger partial charge in [0.1, 0.15) is 11.9 Å². The molecule has 0 bridgehead atoms. The quantitative estimate of drug-likeness (QED) is 0.0863. The molecule has 2 atom stereocenters. The van der Waals surface area contributed by atoms with Gasteiger partial charge in [-0.3, -0.25) is 4.79 Å². The van der Waals surface area contributed by atoms with Crippen LogP contribution in [0.15, 0.2) is 115 Å². The van der Waals surface area contributed by atoms with Crippen molar-refractivity contribution in [3.63, 3.8) is 0 Å². The van der Waals surface area contributed by atoms with E-state index in [9.17, 15) is 18.9 Å². The van der Waals surface area contributed by atoms with E-state index in [1.165, 1.54) is 12.1 Å². The van der Waals surface area contributed by atoms with E-state index in [1.54, 1.807) is 12.1 Å². The van der Waals surface area contributed by atoms with Crippen LogP contribution in [-0.2, 0) is 18.3 Å². The first-order chi connectivity index (χ1) is 23.0. The van der Waals surface area contributed by atoms with Gasteiger partial charge >= 0.3 is 14.0 Å². The molecule has 0 amide bonds. The molecule has 244 valence electrons. The van der Waals surface area contributed by atoms with Gasteiger partial charge in [0.25, 0.3) is 8.32 Å². The van der Waals surface area contributed by atoms with Gasteiger partial charge in [0.05, 0.1) is 6.42 Å². The first kappa shape index (κ1) is 34.9. The Morgan fingerprint density at radius 2 is 1.48 bits per heavy atom. The number of hydrogen-bond acceptors (Lipinski definition) is 4. The molecule has 0 saturated heterocycles. The van der Waals surface area contributed by atoms with Crippen molar-refractivity contribution in [2.75, 3.05) is 12.8 Å². The fourth-order valence-corrected chi connectivity index (χ4v) is 12.0. The smallest absolute Gasteiger partial charge is 0.481 e. The summed E-state index contributed by atoms with van der Waals surface area (Å²) < 4.78 is 39.9. The summed E-state index contributed by atoms with van der Waals surface area (Å²) in [4.78, 5) is 12.1. The fourth-order valence-electron chi connectivity index (χ4n) is 6.29. The Balaban J connectivity index is 1.41. The normalized spacial score (nSPS) is 12.6. The number of carbonyl (C=O) groups is 1. The maximum atomic E-state index is 13.8. The van der Waals surface area contributed by atoms with Crippen LogP contribution in [0, 0.1) is 24.6 Å². The third kappa shape index (κ3) is 7.81. The predicted octanol–water partition coefficient (Wildman–Crippen LogP) is 8.48. The van der Waals surface area contributed by atoms with Crippen molar-refractivity contribution in [3.8, 4) is 23.0 Å². The van der Waals surface area contributed by atoms with Gasteiger partial charge in [-0.05, 0) is 60.9 Å². The van der Waals surface area contributed by atoms with Crippen molar-refractivity contribution < 1.29 is 27.8 Å². The first-order valence-electron chi connectivity index (χ1n) is 15.8. The summed E-state index contributed by atoms with van der Waals surface area (Å²) in [5, 5.41) is 13.5. The molecule has 5 aromatic rings. The summed E-state index contributed by atoms with van der Waals surface area (Å²) in [6.07, 6.45) is -1.28. The van der Waals surface area contributed by atoms with Crippen LogP contribution in [0.4, 0.5) is 4.39 Å². The lowest BCUT2D eigenvalue weighted by molar-refractivity contribution is -0.138. The van der Waals surface area contributed by atoms with Crippen LogP contribution >= 0.6 is 8.03 Å². The van der Waals surface area contributed by atoms with Crippen LogP contribution in [0.25, 0.3) is 21.9 Å². The Morgan fingerprint density at radius 3 is 2.06 bits per heavy atom. The molecule has 5 aromatic carbocycles. The molecule has 5 nitrogen and oxygen atoms in total. The van der Waals surface area contributed by atoms with Gasteiger partial charge in [-0.15, -0.1) is 4.52 Å². The van der Waals surface area contributed by atoms with Crippen LogP contribution in [0.3, 0.4) is 0 Å². The molecule has 0 aliphatic carbocycles. The molecule has 0 aliphatic heterocycles. The topological polar surface area (TPSA) is 72.8 Å². The zero-order valence-corrected chi connectivity index (χ0v) is 29.5. The molecule has 8 heteroatoms. The average molecular weight is 678 g/mol. The largest absolute Gasteiger partial charge is 0.511 e. The molecule has 5 rings (SSSR count). The van der Waals surface area contributed by atoms with Gasteiger partial charge in [-0.2, -0.15) is 0 Å². The summed E-state index contributed by atoms with van der Waals surface area (Å²) >= 11 is 0. The van der Waals surface area contributed by atoms with E-state index in [0.29, 0.717) is 0 Å². The van der Waals surface area contributed by atoms with Crippen LogP contribution in [0.1, 0.15) is 38.3 Å². The Morgan fingerprint density at radius 1 is 0.896 bits per heavy atom. The fraction of sp³-hybridized carbons (Fsp3) is 0.225. The standard InChI is InChI=1S/C40H38FO5PSi/c1-29-26-31-14-11-12-19-37(31)39(30-21-23-32(41)24-22-30)36(29)20-13-25-45-47(44)28-33(27-38(42)43)46-48(40(2,3)4,34-15-7-5-8-16-34)35-17-9-6-10-18-35/h5-12,14-19,21-24,26,33H,25,27-28H2,1-4H3/p+1. The molecule has 0 spiro atoms. The average Bonchev–Trinajstić information content (AvgIpc) is 3.06. The van der Waals surface area contributed by atoms with Crippen molar-refractivity contribution in [1.82, 2.24) is 0 Å². The second kappa shape index (κ2) is 15.2. The van der Waals surface area contributed by atoms with E-state index < -0.39 is 28.4 Å². The van der Waals surface area contributed by atoms with Gasteiger partial charge in [0.2, 0.25) is 6.16 Å². The van der Waals surface area contributed by atoms with E-state index >= 15 is 0 Å². The third-order valence-corrected chi connectivity index (χ3v) is 14.6. The van der Waals surface area contributed by atoms with E-state index in [0.717, 1.165) is 43.4 Å². The molecule has 48 heavy (non-hydrogen) atoms. The summed E-state index contributed by atoms with van der Waals surface area (Å²) in [5.41, 5.74) is 3.45. The SMILES string of the molecule is Cc1cc2ccccc2c(-c2ccc(F)cc2)c1C#CCO[P+](=O)CC(CC(=O)O)O[Si](c1ccccc1)(c1ccccc1)C(C)(C)C. The summed E-state index contributed by atoms with van der Waals surface area (Å²) in [5.74, 6) is 4.87. The third-order valence-electron chi connectivity index (χ3n) is 8.39. The van der Waals surface area contributed by atoms with Gasteiger partial charge < -0.3 is 9.53 Å². The molecule has 2 unspecified atom stereocenters. The first-order valence-corrected chi connectivity index (χ1v) is 19.1. The maximum absolute atomic E-state index is 13.8. The monoisotopic (exact) mass is 677 g/mol. The molecule has 0 heterocycles. The molecular weight excluding hydrogens is 638 g/mol. The molecule has 0 aliphatic rings. The Bertz CT molecular complexity index is 1920. The highest BCUT2D eigenvalue weighted by Crippen LogP contribution is 2.39. The van der Waals surface area contributed by atoms with Gasteiger partial charge in [0.15, 0.2) is 6.61 Å². The number of aryl methyl sites for hydroxylation is 1. The van der Waals surface area contributed by atoms with E-state index in [2.05, 4.69) is 38.7 Å². The van der Waals surface area contributed by atoms with Crippen LogP contribution in [-0.4, -0.2) is 38.3 Å². The molecular formula is C40H39FO5PSi+.